The normalized spacial score (nSPS) is 11.1. The Morgan fingerprint density at radius 1 is 1.05 bits per heavy atom. The molecule has 3 nitrogen and oxygen atoms in total. The molecule has 2 aromatic rings. The highest BCUT2D eigenvalue weighted by Crippen LogP contribution is 2.29. The monoisotopic (exact) mass is 372 g/mol. The van der Waals surface area contributed by atoms with Crippen molar-refractivity contribution in [1.29, 1.82) is 0 Å². The summed E-state index contributed by atoms with van der Waals surface area (Å²) in [4.78, 5) is 11.7. The van der Waals surface area contributed by atoms with Crippen molar-refractivity contribution in [3.8, 4) is 0 Å². The van der Waals surface area contributed by atoms with Crippen LogP contribution in [0.15, 0.2) is 53.0 Å². The van der Waals surface area contributed by atoms with Gasteiger partial charge in [0.05, 0.1) is 5.56 Å². The minimum absolute atomic E-state index is 0.289. The molecule has 0 fully saturated rings. The molecule has 0 spiro atoms. The minimum atomic E-state index is -4.39. The first-order valence-corrected chi connectivity index (χ1v) is 7.11. The van der Waals surface area contributed by atoms with Crippen LogP contribution in [0.2, 0.25) is 0 Å². The van der Waals surface area contributed by atoms with E-state index in [1.54, 1.807) is 0 Å². The molecule has 2 amide bonds. The largest absolute Gasteiger partial charge is 0.416 e. The van der Waals surface area contributed by atoms with Gasteiger partial charge in [-0.05, 0) is 35.9 Å². The Kier molecular flexibility index (Phi) is 5.07. The molecule has 0 heterocycles. The lowest BCUT2D eigenvalue weighted by atomic mass is 10.2. The highest BCUT2D eigenvalue weighted by Gasteiger charge is 2.29. The van der Waals surface area contributed by atoms with Gasteiger partial charge in [0.25, 0.3) is 0 Å². The van der Waals surface area contributed by atoms with Gasteiger partial charge in [0, 0.05) is 16.7 Å². The lowest BCUT2D eigenvalue weighted by molar-refractivity contribution is -0.137. The van der Waals surface area contributed by atoms with E-state index >= 15 is 0 Å². The summed E-state index contributed by atoms with van der Waals surface area (Å²) < 4.78 is 38.1. The molecular weight excluding hydrogens is 361 g/mol. The summed E-state index contributed by atoms with van der Waals surface area (Å²) in [7, 11) is 0. The van der Waals surface area contributed by atoms with Crippen LogP contribution in [0.25, 0.3) is 0 Å². The summed E-state index contributed by atoms with van der Waals surface area (Å²) in [5.41, 5.74) is 0.425. The van der Waals surface area contributed by atoms with Crippen LogP contribution in [0, 0.1) is 0 Å². The van der Waals surface area contributed by atoms with E-state index in [1.807, 2.05) is 24.3 Å². The van der Waals surface area contributed by atoms with Crippen LogP contribution in [-0.2, 0) is 12.7 Å². The first kappa shape index (κ1) is 16.4. The van der Waals surface area contributed by atoms with Crippen molar-refractivity contribution in [2.24, 2.45) is 0 Å². The van der Waals surface area contributed by atoms with Gasteiger partial charge in [-0.15, -0.1) is 0 Å². The van der Waals surface area contributed by atoms with Gasteiger partial charge in [-0.3, -0.25) is 0 Å². The minimum Gasteiger partial charge on any atom is -0.334 e. The standard InChI is InChI=1S/C15H12BrF3N2O/c16-13-4-2-1-3-10(13)9-20-14(22)21-12-7-5-11(6-8-12)15(17,18)19/h1-8H,9H2,(H2,20,21,22). The SMILES string of the molecule is O=C(NCc1ccccc1Br)Nc1ccc(C(F)(F)F)cc1. The molecule has 0 atom stereocenters. The zero-order valence-corrected chi connectivity index (χ0v) is 12.8. The fraction of sp³-hybridized carbons (Fsp3) is 0.133. The number of urea groups is 1. The van der Waals surface area contributed by atoms with Gasteiger partial charge in [0.15, 0.2) is 0 Å². The highest BCUT2D eigenvalue weighted by atomic mass is 79.9. The van der Waals surface area contributed by atoms with Crippen molar-refractivity contribution in [1.82, 2.24) is 5.32 Å². The van der Waals surface area contributed by atoms with Crippen LogP contribution in [0.3, 0.4) is 0 Å². The van der Waals surface area contributed by atoms with E-state index in [4.69, 9.17) is 0 Å². The number of hydrogen-bond acceptors (Lipinski definition) is 1. The molecule has 0 saturated heterocycles. The Bertz CT molecular complexity index is 657. The number of carbonyl (C=O) groups excluding carboxylic acids is 1. The third kappa shape index (κ3) is 4.49. The molecule has 0 saturated carbocycles. The van der Waals surface area contributed by atoms with Crippen LogP contribution in [-0.4, -0.2) is 6.03 Å². The van der Waals surface area contributed by atoms with Gasteiger partial charge in [-0.2, -0.15) is 13.2 Å². The number of halogens is 4. The van der Waals surface area contributed by atoms with E-state index in [-0.39, 0.29) is 5.69 Å². The fourth-order valence-electron chi connectivity index (χ4n) is 1.74. The number of nitrogens with one attached hydrogen (secondary N) is 2. The molecule has 116 valence electrons. The molecule has 0 radical (unpaired) electrons. The van der Waals surface area contributed by atoms with Crippen molar-refractivity contribution >= 4 is 27.6 Å². The van der Waals surface area contributed by atoms with Crippen LogP contribution in [0.1, 0.15) is 11.1 Å². The van der Waals surface area contributed by atoms with Gasteiger partial charge in [-0.25, -0.2) is 4.79 Å². The first-order chi connectivity index (χ1) is 10.4. The maximum atomic E-state index is 12.4. The highest BCUT2D eigenvalue weighted by molar-refractivity contribution is 9.10. The third-order valence-corrected chi connectivity index (χ3v) is 3.64. The fourth-order valence-corrected chi connectivity index (χ4v) is 2.16. The predicted molar refractivity (Wildman–Crippen MR) is 81.4 cm³/mol. The van der Waals surface area contributed by atoms with Crippen LogP contribution in [0.5, 0.6) is 0 Å². The second kappa shape index (κ2) is 6.83. The topological polar surface area (TPSA) is 41.1 Å². The first-order valence-electron chi connectivity index (χ1n) is 6.32. The van der Waals surface area contributed by atoms with Crippen molar-refractivity contribution in [3.63, 3.8) is 0 Å². The van der Waals surface area contributed by atoms with Crippen molar-refractivity contribution in [3.05, 3.63) is 64.1 Å². The average molecular weight is 373 g/mol. The smallest absolute Gasteiger partial charge is 0.334 e. The van der Waals surface area contributed by atoms with Crippen molar-refractivity contribution in [2.45, 2.75) is 12.7 Å². The number of amides is 2. The number of rotatable bonds is 3. The van der Waals surface area contributed by atoms with E-state index in [0.29, 0.717) is 6.54 Å². The molecule has 0 bridgehead atoms. The molecule has 22 heavy (non-hydrogen) atoms. The molecule has 2 aromatic carbocycles. The molecule has 0 aliphatic heterocycles. The summed E-state index contributed by atoms with van der Waals surface area (Å²) in [6.45, 7) is 0.299. The van der Waals surface area contributed by atoms with Crippen molar-refractivity contribution < 1.29 is 18.0 Å². The Morgan fingerprint density at radius 2 is 1.68 bits per heavy atom. The molecule has 2 N–H and O–H groups in total. The number of carbonyl (C=O) groups is 1. The second-order valence-corrected chi connectivity index (χ2v) is 5.33. The Hall–Kier alpha value is -2.02. The summed E-state index contributed by atoms with van der Waals surface area (Å²) in [5, 5.41) is 5.11. The maximum Gasteiger partial charge on any atom is 0.416 e. The van der Waals surface area contributed by atoms with Gasteiger partial charge < -0.3 is 10.6 Å². The van der Waals surface area contributed by atoms with Crippen LogP contribution in [0.4, 0.5) is 23.7 Å². The summed E-state index contributed by atoms with van der Waals surface area (Å²) in [6.07, 6.45) is -4.39. The van der Waals surface area contributed by atoms with Crippen molar-refractivity contribution in [2.75, 3.05) is 5.32 Å². The molecule has 0 aromatic heterocycles. The molecule has 0 aliphatic carbocycles. The number of benzene rings is 2. The average Bonchev–Trinajstić information content (AvgIpc) is 2.46. The number of alkyl halides is 3. The molecule has 7 heteroatoms. The van der Waals surface area contributed by atoms with Gasteiger partial charge >= 0.3 is 12.2 Å². The molecule has 0 aliphatic rings. The van der Waals surface area contributed by atoms with E-state index in [9.17, 15) is 18.0 Å². The van der Waals surface area contributed by atoms with Gasteiger partial charge in [0.1, 0.15) is 0 Å². The van der Waals surface area contributed by atoms with E-state index in [0.717, 1.165) is 22.2 Å². The molecule has 0 unspecified atom stereocenters. The summed E-state index contributed by atoms with van der Waals surface area (Å²) in [6, 6.07) is 11.2. The number of anilines is 1. The van der Waals surface area contributed by atoms with Gasteiger partial charge in [0.2, 0.25) is 0 Å². The summed E-state index contributed by atoms with van der Waals surface area (Å²) in [5.74, 6) is 0. The molecular formula is C15H12BrF3N2O. The zero-order chi connectivity index (χ0) is 16.2. The molecule has 2 rings (SSSR count). The summed E-state index contributed by atoms with van der Waals surface area (Å²) >= 11 is 3.36. The van der Waals surface area contributed by atoms with Gasteiger partial charge in [-0.1, -0.05) is 34.1 Å². The quantitative estimate of drug-likeness (QED) is 0.798. The maximum absolute atomic E-state index is 12.4. The van der Waals surface area contributed by atoms with Crippen LogP contribution < -0.4 is 10.6 Å². The van der Waals surface area contributed by atoms with Crippen LogP contribution >= 0.6 is 15.9 Å². The predicted octanol–water partition coefficient (Wildman–Crippen LogP) is 4.79. The van der Waals surface area contributed by atoms with E-state index < -0.39 is 17.8 Å². The van der Waals surface area contributed by atoms with E-state index in [2.05, 4.69) is 26.6 Å². The zero-order valence-electron chi connectivity index (χ0n) is 11.2. The third-order valence-electron chi connectivity index (χ3n) is 2.87. The number of hydrogen-bond donors (Lipinski definition) is 2. The lowest BCUT2D eigenvalue weighted by Crippen LogP contribution is -2.28. The Balaban J connectivity index is 1.91. The Morgan fingerprint density at radius 3 is 2.27 bits per heavy atom. The lowest BCUT2D eigenvalue weighted by Gasteiger charge is -2.10. The Labute approximate surface area is 133 Å². The van der Waals surface area contributed by atoms with E-state index in [1.165, 1.54) is 12.1 Å². The second-order valence-electron chi connectivity index (χ2n) is 4.47.